The summed E-state index contributed by atoms with van der Waals surface area (Å²) in [5, 5.41) is 0. The Kier molecular flexibility index (Phi) is 48.0. The lowest BCUT2D eigenvalue weighted by atomic mass is 10.1. The second-order valence-electron chi connectivity index (χ2n) is 16.8. The number of hydrogen-bond acceptors (Lipinski definition) is 6. The van der Waals surface area contributed by atoms with E-state index in [0.717, 1.165) is 57.8 Å². The number of ether oxygens (including phenoxy) is 3. The molecule has 6 heteroatoms. The zero-order valence-corrected chi connectivity index (χ0v) is 40.8. The second kappa shape index (κ2) is 51.0. The maximum Gasteiger partial charge on any atom is 0.306 e. The van der Waals surface area contributed by atoms with Gasteiger partial charge in [0, 0.05) is 19.3 Å². The van der Waals surface area contributed by atoms with Crippen molar-refractivity contribution in [3.8, 4) is 0 Å². The van der Waals surface area contributed by atoms with E-state index in [-0.39, 0.29) is 44.0 Å². The van der Waals surface area contributed by atoms with Crippen LogP contribution in [0.5, 0.6) is 0 Å². The molecule has 0 aliphatic carbocycles. The fourth-order valence-corrected chi connectivity index (χ4v) is 6.79. The molecule has 0 bridgehead atoms. The maximum absolute atomic E-state index is 12.8. The number of rotatable bonds is 45. The smallest absolute Gasteiger partial charge is 0.306 e. The molecule has 0 saturated carbocycles. The summed E-state index contributed by atoms with van der Waals surface area (Å²) in [6.07, 6.45) is 66.9. The zero-order valence-electron chi connectivity index (χ0n) is 40.8. The molecule has 0 N–H and O–H groups in total. The van der Waals surface area contributed by atoms with E-state index in [1.54, 1.807) is 0 Å². The van der Waals surface area contributed by atoms with Crippen LogP contribution in [0.25, 0.3) is 0 Å². The summed E-state index contributed by atoms with van der Waals surface area (Å²) in [6.45, 7) is 6.36. The molecular formula is C57H94O6. The fraction of sp³-hybridized carbons (Fsp3) is 0.667. The lowest BCUT2D eigenvalue weighted by molar-refractivity contribution is -0.166. The van der Waals surface area contributed by atoms with Crippen LogP contribution in [-0.2, 0) is 28.6 Å². The number of esters is 3. The van der Waals surface area contributed by atoms with Crippen LogP contribution in [0.15, 0.2) is 97.2 Å². The lowest BCUT2D eigenvalue weighted by Gasteiger charge is -2.18. The topological polar surface area (TPSA) is 78.9 Å². The molecule has 0 rings (SSSR count). The molecule has 0 fully saturated rings. The first kappa shape index (κ1) is 59.3. The van der Waals surface area contributed by atoms with Crippen LogP contribution >= 0.6 is 0 Å². The Morgan fingerprint density at radius 2 is 0.714 bits per heavy atom. The molecule has 63 heavy (non-hydrogen) atoms. The van der Waals surface area contributed by atoms with Gasteiger partial charge in [0.15, 0.2) is 6.10 Å². The average Bonchev–Trinajstić information content (AvgIpc) is 3.28. The summed E-state index contributed by atoms with van der Waals surface area (Å²) < 4.78 is 16.7. The normalized spacial score (nSPS) is 12.9. The van der Waals surface area contributed by atoms with Crippen molar-refractivity contribution < 1.29 is 28.6 Å². The highest BCUT2D eigenvalue weighted by Gasteiger charge is 2.19. The van der Waals surface area contributed by atoms with Gasteiger partial charge in [0.2, 0.25) is 0 Å². The van der Waals surface area contributed by atoms with Crippen molar-refractivity contribution in [3.63, 3.8) is 0 Å². The van der Waals surface area contributed by atoms with Gasteiger partial charge in [-0.1, -0.05) is 221 Å². The highest BCUT2D eigenvalue weighted by atomic mass is 16.6. The summed E-state index contributed by atoms with van der Waals surface area (Å²) in [5.74, 6) is -1.03. The second-order valence-corrected chi connectivity index (χ2v) is 16.8. The Labute approximate surface area is 387 Å². The van der Waals surface area contributed by atoms with Crippen LogP contribution in [0.1, 0.15) is 226 Å². The Bertz CT molecular complexity index is 1280. The third kappa shape index (κ3) is 49.2. The summed E-state index contributed by atoms with van der Waals surface area (Å²) >= 11 is 0. The van der Waals surface area contributed by atoms with E-state index in [1.165, 1.54) is 116 Å². The van der Waals surface area contributed by atoms with Crippen molar-refractivity contribution in [1.29, 1.82) is 0 Å². The van der Waals surface area contributed by atoms with E-state index in [9.17, 15) is 14.4 Å². The molecule has 0 aromatic heterocycles. The number of unbranched alkanes of at least 4 members (excludes halogenated alkanes) is 22. The van der Waals surface area contributed by atoms with Gasteiger partial charge in [-0.15, -0.1) is 0 Å². The Balaban J connectivity index is 4.46. The zero-order chi connectivity index (χ0) is 45.8. The first-order valence-corrected chi connectivity index (χ1v) is 25.8. The van der Waals surface area contributed by atoms with Crippen molar-refractivity contribution in [2.24, 2.45) is 0 Å². The summed E-state index contributed by atoms with van der Waals surface area (Å²) in [4.78, 5) is 37.9. The van der Waals surface area contributed by atoms with E-state index in [1.807, 2.05) is 42.5 Å². The molecule has 0 saturated heterocycles. The molecule has 1 atom stereocenters. The van der Waals surface area contributed by atoms with E-state index >= 15 is 0 Å². The highest BCUT2D eigenvalue weighted by molar-refractivity contribution is 5.71. The van der Waals surface area contributed by atoms with Crippen molar-refractivity contribution in [2.75, 3.05) is 13.2 Å². The monoisotopic (exact) mass is 875 g/mol. The van der Waals surface area contributed by atoms with Gasteiger partial charge in [0.05, 0.1) is 0 Å². The minimum atomic E-state index is -0.822. The first-order chi connectivity index (χ1) is 31.0. The molecule has 358 valence electrons. The van der Waals surface area contributed by atoms with Crippen LogP contribution in [-0.4, -0.2) is 37.2 Å². The molecule has 0 aliphatic rings. The molecule has 0 aliphatic heterocycles. The fourth-order valence-electron chi connectivity index (χ4n) is 6.79. The average molecular weight is 875 g/mol. The third-order valence-electron chi connectivity index (χ3n) is 10.7. The molecule has 0 spiro atoms. The molecule has 0 aromatic rings. The first-order valence-electron chi connectivity index (χ1n) is 25.8. The van der Waals surface area contributed by atoms with Crippen LogP contribution in [0, 0.1) is 0 Å². The SMILES string of the molecule is CC\C=C/C=C\C=C/C=C\CCCCCC(=O)OC(COC(=O)CC/C=C\C/C=C\CCCCCCCC)COC(=O)CCCCCCCCCCCC/C=C\C=C/CCCCC. The summed E-state index contributed by atoms with van der Waals surface area (Å²) in [7, 11) is 0. The molecule has 0 heterocycles. The molecule has 6 nitrogen and oxygen atoms in total. The summed E-state index contributed by atoms with van der Waals surface area (Å²) in [6, 6.07) is 0. The van der Waals surface area contributed by atoms with Gasteiger partial charge in [-0.3, -0.25) is 14.4 Å². The van der Waals surface area contributed by atoms with E-state index in [4.69, 9.17) is 14.2 Å². The van der Waals surface area contributed by atoms with Crippen LogP contribution in [0.2, 0.25) is 0 Å². The van der Waals surface area contributed by atoms with Gasteiger partial charge < -0.3 is 14.2 Å². The van der Waals surface area contributed by atoms with E-state index < -0.39 is 6.10 Å². The van der Waals surface area contributed by atoms with Gasteiger partial charge in [-0.05, 0) is 83.5 Å². The summed E-state index contributed by atoms with van der Waals surface area (Å²) in [5.41, 5.74) is 0. The van der Waals surface area contributed by atoms with E-state index in [0.29, 0.717) is 19.3 Å². The van der Waals surface area contributed by atoms with Gasteiger partial charge in [0.25, 0.3) is 0 Å². The highest BCUT2D eigenvalue weighted by Crippen LogP contribution is 2.14. The number of hydrogen-bond donors (Lipinski definition) is 0. The Hall–Kier alpha value is -3.67. The predicted octanol–water partition coefficient (Wildman–Crippen LogP) is 17.0. The third-order valence-corrected chi connectivity index (χ3v) is 10.7. The van der Waals surface area contributed by atoms with Gasteiger partial charge >= 0.3 is 17.9 Å². The standard InChI is InChI=1S/C57H94O6/c1-4-7-10-13-16-19-22-25-26-27-28-29-30-33-35-38-41-44-47-50-56(59)62-53-54(63-57(60)51-48-45-42-39-36-32-24-21-18-15-12-9-6-3)52-61-55(58)49-46-43-40-37-34-31-23-20-17-14-11-8-5-2/h9,12,15-16,18-19,21-22,24-25,31-32,34,36,40,43,54H,4-8,10-11,13-14,17,20,23,26-30,33,35,37-39,41-42,44-53H2,1-3H3/b12-9-,18-15-,19-16-,24-21-,25-22-,34-31-,36-32-,43-40-. The number of allylic oxidation sites excluding steroid dienone is 16. The van der Waals surface area contributed by atoms with Gasteiger partial charge in [-0.2, -0.15) is 0 Å². The minimum absolute atomic E-state index is 0.113. The quantitative estimate of drug-likeness (QED) is 0.0199. The predicted molar refractivity (Wildman–Crippen MR) is 270 cm³/mol. The minimum Gasteiger partial charge on any atom is -0.462 e. The molecule has 0 aromatic carbocycles. The van der Waals surface area contributed by atoms with Gasteiger partial charge in [-0.25, -0.2) is 0 Å². The van der Waals surface area contributed by atoms with Crippen LogP contribution in [0.4, 0.5) is 0 Å². The van der Waals surface area contributed by atoms with Crippen LogP contribution < -0.4 is 0 Å². The molecule has 1 unspecified atom stereocenters. The molecule has 0 amide bonds. The van der Waals surface area contributed by atoms with Crippen molar-refractivity contribution in [2.45, 2.75) is 232 Å². The van der Waals surface area contributed by atoms with Crippen molar-refractivity contribution in [3.05, 3.63) is 97.2 Å². The van der Waals surface area contributed by atoms with Crippen molar-refractivity contribution >= 4 is 17.9 Å². The largest absolute Gasteiger partial charge is 0.462 e. The Morgan fingerprint density at radius 3 is 1.25 bits per heavy atom. The van der Waals surface area contributed by atoms with Gasteiger partial charge in [0.1, 0.15) is 13.2 Å². The number of carbonyl (C=O) groups excluding carboxylic acids is 3. The Morgan fingerprint density at radius 1 is 0.349 bits per heavy atom. The molecule has 0 radical (unpaired) electrons. The number of carbonyl (C=O) groups is 3. The molecular weight excluding hydrogens is 781 g/mol. The maximum atomic E-state index is 12.8. The van der Waals surface area contributed by atoms with E-state index in [2.05, 4.69) is 75.5 Å². The van der Waals surface area contributed by atoms with Crippen LogP contribution in [0.3, 0.4) is 0 Å². The lowest BCUT2D eigenvalue weighted by Crippen LogP contribution is -2.30. The van der Waals surface area contributed by atoms with Crippen molar-refractivity contribution in [1.82, 2.24) is 0 Å².